The van der Waals surface area contributed by atoms with Crippen LogP contribution >= 0.6 is 11.8 Å². The minimum absolute atomic E-state index is 0.138. The maximum atomic E-state index is 12.3. The molecule has 1 atom stereocenters. The lowest BCUT2D eigenvalue weighted by Gasteiger charge is -2.31. The number of thioether (sulfide) groups is 1. The van der Waals surface area contributed by atoms with Gasteiger partial charge in [-0.25, -0.2) is 4.79 Å². The second kappa shape index (κ2) is 7.51. The number of aliphatic hydroxyl groups is 1. The van der Waals surface area contributed by atoms with Crippen LogP contribution in [0.15, 0.2) is 47.4 Å². The van der Waals surface area contributed by atoms with Crippen LogP contribution in [0, 0.1) is 5.92 Å². The molecule has 9 heteroatoms. The number of nitrogens with one attached hydrogen (secondary N) is 1. The standard InChI is InChI=1S/C18H20N4O4S/c23-14-10-15(24)22-17(19-14)27-16(20-22)13-6-8-21(9-7-13)18(25)26-11-12-4-2-1-3-5-12/h1-5,10,13,17,19,23H,6-9,11H2. The number of rotatable bonds is 3. The van der Waals surface area contributed by atoms with Crippen LogP contribution in [0.3, 0.4) is 0 Å². The normalized spacial score (nSPS) is 22.7. The average molecular weight is 388 g/mol. The molecule has 1 aromatic carbocycles. The minimum Gasteiger partial charge on any atom is -0.495 e. The number of fused-ring (bicyclic) bond motifs is 1. The van der Waals surface area contributed by atoms with Gasteiger partial charge in [-0.1, -0.05) is 42.1 Å². The van der Waals surface area contributed by atoms with Gasteiger partial charge in [-0.3, -0.25) is 4.79 Å². The number of aliphatic hydroxyl groups excluding tert-OH is 1. The van der Waals surface area contributed by atoms with Crippen molar-refractivity contribution in [3.05, 3.63) is 47.9 Å². The zero-order valence-electron chi connectivity index (χ0n) is 14.6. The molecular formula is C18H20N4O4S. The predicted molar refractivity (Wildman–Crippen MR) is 100 cm³/mol. The summed E-state index contributed by atoms with van der Waals surface area (Å²) in [4.78, 5) is 25.9. The second-order valence-corrected chi connectivity index (χ2v) is 7.67. The first kappa shape index (κ1) is 17.7. The Morgan fingerprint density at radius 2 is 2.04 bits per heavy atom. The van der Waals surface area contributed by atoms with Crippen LogP contribution in [0.25, 0.3) is 0 Å². The van der Waals surface area contributed by atoms with Crippen LogP contribution in [-0.2, 0) is 16.1 Å². The number of nitrogens with zero attached hydrogens (tertiary/aromatic N) is 3. The molecule has 0 radical (unpaired) electrons. The Balaban J connectivity index is 1.28. The predicted octanol–water partition coefficient (Wildman–Crippen LogP) is 2.21. The fourth-order valence-electron chi connectivity index (χ4n) is 3.25. The van der Waals surface area contributed by atoms with E-state index in [1.54, 1.807) is 4.90 Å². The molecule has 8 nitrogen and oxygen atoms in total. The summed E-state index contributed by atoms with van der Waals surface area (Å²) in [7, 11) is 0. The first-order chi connectivity index (χ1) is 13.1. The molecule has 0 bridgehead atoms. The molecule has 0 aliphatic carbocycles. The number of hydrogen-bond donors (Lipinski definition) is 2. The van der Waals surface area contributed by atoms with E-state index >= 15 is 0 Å². The Hall–Kier alpha value is -2.68. The van der Waals surface area contributed by atoms with E-state index in [0.29, 0.717) is 13.1 Å². The van der Waals surface area contributed by atoms with Gasteiger partial charge in [-0.05, 0) is 18.4 Å². The number of hydrazone groups is 1. The van der Waals surface area contributed by atoms with Gasteiger partial charge in [-0.15, -0.1) is 0 Å². The Morgan fingerprint density at radius 1 is 1.30 bits per heavy atom. The molecule has 1 aromatic rings. The fourth-order valence-corrected chi connectivity index (χ4v) is 4.47. The lowest BCUT2D eigenvalue weighted by Crippen LogP contribution is -2.44. The topological polar surface area (TPSA) is 94.5 Å². The zero-order valence-corrected chi connectivity index (χ0v) is 15.4. The Kier molecular flexibility index (Phi) is 4.93. The molecule has 142 valence electrons. The van der Waals surface area contributed by atoms with Crippen molar-refractivity contribution in [3.8, 4) is 0 Å². The highest BCUT2D eigenvalue weighted by Gasteiger charge is 2.39. The van der Waals surface area contributed by atoms with E-state index in [-0.39, 0.29) is 30.4 Å². The maximum absolute atomic E-state index is 12.3. The molecule has 4 rings (SSSR count). The smallest absolute Gasteiger partial charge is 0.410 e. The molecule has 2 amide bonds. The summed E-state index contributed by atoms with van der Waals surface area (Å²) in [5.74, 6) is -0.280. The molecule has 0 saturated carbocycles. The summed E-state index contributed by atoms with van der Waals surface area (Å²) in [5.41, 5.74) is 0.564. The third-order valence-electron chi connectivity index (χ3n) is 4.73. The van der Waals surface area contributed by atoms with Gasteiger partial charge in [0.05, 0.1) is 6.08 Å². The first-order valence-electron chi connectivity index (χ1n) is 8.81. The van der Waals surface area contributed by atoms with Crippen LogP contribution in [0.5, 0.6) is 0 Å². The van der Waals surface area contributed by atoms with E-state index in [4.69, 9.17) is 4.74 Å². The van der Waals surface area contributed by atoms with Crippen LogP contribution in [0.1, 0.15) is 18.4 Å². The van der Waals surface area contributed by atoms with E-state index in [1.165, 1.54) is 16.8 Å². The highest BCUT2D eigenvalue weighted by molar-refractivity contribution is 8.14. The van der Waals surface area contributed by atoms with Gasteiger partial charge in [0.2, 0.25) is 0 Å². The van der Waals surface area contributed by atoms with Crippen molar-refractivity contribution in [1.29, 1.82) is 0 Å². The van der Waals surface area contributed by atoms with Crippen molar-refractivity contribution in [2.45, 2.75) is 24.9 Å². The summed E-state index contributed by atoms with van der Waals surface area (Å²) >= 11 is 1.43. The molecule has 27 heavy (non-hydrogen) atoms. The Bertz CT molecular complexity index is 790. The molecule has 3 aliphatic rings. The summed E-state index contributed by atoms with van der Waals surface area (Å²) < 4.78 is 5.39. The number of likely N-dealkylation sites (tertiary alicyclic amines) is 1. The SMILES string of the molecule is O=C(OCc1ccccc1)N1CCC(C2=NN3C(=O)C=C(O)NC3S2)CC1. The molecule has 3 aliphatic heterocycles. The number of amides is 2. The van der Waals surface area contributed by atoms with Crippen molar-refractivity contribution in [3.63, 3.8) is 0 Å². The van der Waals surface area contributed by atoms with Crippen LogP contribution in [0.2, 0.25) is 0 Å². The molecule has 0 aromatic heterocycles. The second-order valence-electron chi connectivity index (χ2n) is 6.57. The lowest BCUT2D eigenvalue weighted by atomic mass is 9.98. The largest absolute Gasteiger partial charge is 0.495 e. The van der Waals surface area contributed by atoms with E-state index in [0.717, 1.165) is 29.5 Å². The summed E-state index contributed by atoms with van der Waals surface area (Å²) in [6.07, 6.45) is 2.34. The van der Waals surface area contributed by atoms with Gasteiger partial charge in [0, 0.05) is 19.0 Å². The third kappa shape index (κ3) is 3.87. The van der Waals surface area contributed by atoms with Crippen molar-refractivity contribution >= 4 is 28.8 Å². The lowest BCUT2D eigenvalue weighted by molar-refractivity contribution is -0.128. The number of carbonyl (C=O) groups is 2. The Morgan fingerprint density at radius 3 is 2.78 bits per heavy atom. The summed E-state index contributed by atoms with van der Waals surface area (Å²) in [6.45, 7) is 1.45. The zero-order chi connectivity index (χ0) is 18.8. The van der Waals surface area contributed by atoms with Crippen LogP contribution in [0.4, 0.5) is 4.79 Å². The third-order valence-corrected chi connectivity index (χ3v) is 5.92. The molecule has 2 N–H and O–H groups in total. The van der Waals surface area contributed by atoms with E-state index < -0.39 is 5.50 Å². The first-order valence-corrected chi connectivity index (χ1v) is 9.69. The molecule has 0 spiro atoms. The van der Waals surface area contributed by atoms with Crippen LogP contribution < -0.4 is 5.32 Å². The summed E-state index contributed by atoms with van der Waals surface area (Å²) in [6, 6.07) is 9.60. The van der Waals surface area contributed by atoms with Gasteiger partial charge in [-0.2, -0.15) is 10.1 Å². The van der Waals surface area contributed by atoms with Crippen LogP contribution in [-0.4, -0.2) is 50.6 Å². The average Bonchev–Trinajstić information content (AvgIpc) is 3.11. The van der Waals surface area contributed by atoms with E-state index in [9.17, 15) is 14.7 Å². The van der Waals surface area contributed by atoms with Crippen molar-refractivity contribution in [2.75, 3.05) is 13.1 Å². The van der Waals surface area contributed by atoms with Gasteiger partial charge in [0.25, 0.3) is 5.91 Å². The van der Waals surface area contributed by atoms with Gasteiger partial charge >= 0.3 is 6.09 Å². The fraction of sp³-hybridized carbons (Fsp3) is 0.389. The number of ether oxygens (including phenoxy) is 1. The van der Waals surface area contributed by atoms with Gasteiger partial charge < -0.3 is 20.1 Å². The van der Waals surface area contributed by atoms with E-state index in [1.807, 2.05) is 30.3 Å². The number of hydrogen-bond acceptors (Lipinski definition) is 7. The molecule has 1 fully saturated rings. The highest BCUT2D eigenvalue weighted by Crippen LogP contribution is 2.34. The molecular weight excluding hydrogens is 368 g/mol. The van der Waals surface area contributed by atoms with Gasteiger partial charge in [0.15, 0.2) is 11.4 Å². The number of benzene rings is 1. The van der Waals surface area contributed by atoms with Crippen molar-refractivity contribution < 1.29 is 19.4 Å². The van der Waals surface area contributed by atoms with Gasteiger partial charge in [0.1, 0.15) is 11.7 Å². The summed E-state index contributed by atoms with van der Waals surface area (Å²) in [5, 5.41) is 19.0. The quantitative estimate of drug-likeness (QED) is 0.825. The number of piperidine rings is 1. The van der Waals surface area contributed by atoms with E-state index in [2.05, 4.69) is 10.4 Å². The van der Waals surface area contributed by atoms with Crippen molar-refractivity contribution in [2.24, 2.45) is 11.0 Å². The molecule has 1 saturated heterocycles. The molecule has 1 unspecified atom stereocenters. The minimum atomic E-state index is -0.397. The number of carbonyl (C=O) groups excluding carboxylic acids is 2. The highest BCUT2D eigenvalue weighted by atomic mass is 32.2. The maximum Gasteiger partial charge on any atom is 0.410 e. The molecule has 3 heterocycles. The monoisotopic (exact) mass is 388 g/mol. The van der Waals surface area contributed by atoms with Crippen molar-refractivity contribution in [1.82, 2.24) is 15.2 Å². The Labute approximate surface area is 160 Å².